The molecule has 1 aliphatic heterocycles. The van der Waals surface area contributed by atoms with Crippen molar-refractivity contribution in [1.29, 1.82) is 0 Å². The molecule has 1 aliphatic rings. The van der Waals surface area contributed by atoms with Gasteiger partial charge >= 0.3 is 0 Å². The van der Waals surface area contributed by atoms with Gasteiger partial charge in [-0.3, -0.25) is 4.79 Å². The number of methoxy groups -OCH3 is 2. The van der Waals surface area contributed by atoms with Gasteiger partial charge in [-0.15, -0.1) is 0 Å². The van der Waals surface area contributed by atoms with E-state index in [9.17, 15) is 4.79 Å². The molecule has 0 aliphatic carbocycles. The molecular formula is C22H27BrN2O4. The molecule has 3 rings (SSSR count). The standard InChI is InChI=1S/C22H27BrN2O4/c1-4-29-21-19(23)14-16(15-20(21)28-3)22(26)25-11-5-10-24(12-13-25)17-6-8-18(27-2)9-7-17/h6-9,14-15H,4-5,10-13H2,1-3H3. The van der Waals surface area contributed by atoms with Gasteiger partial charge < -0.3 is 24.0 Å². The fourth-order valence-corrected chi connectivity index (χ4v) is 4.04. The number of hydrogen-bond acceptors (Lipinski definition) is 5. The average Bonchev–Trinajstić information content (AvgIpc) is 3.01. The average molecular weight is 463 g/mol. The molecule has 0 bridgehead atoms. The van der Waals surface area contributed by atoms with E-state index in [1.165, 1.54) is 0 Å². The Morgan fingerprint density at radius 1 is 1.03 bits per heavy atom. The highest BCUT2D eigenvalue weighted by Crippen LogP contribution is 2.37. The number of benzene rings is 2. The van der Waals surface area contributed by atoms with Crippen molar-refractivity contribution in [3.05, 3.63) is 46.4 Å². The van der Waals surface area contributed by atoms with E-state index in [4.69, 9.17) is 14.2 Å². The van der Waals surface area contributed by atoms with Gasteiger partial charge in [-0.1, -0.05) is 0 Å². The number of carbonyl (C=O) groups is 1. The van der Waals surface area contributed by atoms with Crippen molar-refractivity contribution in [2.45, 2.75) is 13.3 Å². The van der Waals surface area contributed by atoms with E-state index >= 15 is 0 Å². The zero-order chi connectivity index (χ0) is 20.8. The largest absolute Gasteiger partial charge is 0.497 e. The minimum absolute atomic E-state index is 0.00336. The Morgan fingerprint density at radius 3 is 2.45 bits per heavy atom. The van der Waals surface area contributed by atoms with Crippen molar-refractivity contribution in [2.24, 2.45) is 0 Å². The van der Waals surface area contributed by atoms with Gasteiger partial charge in [0.2, 0.25) is 0 Å². The third kappa shape index (κ3) is 4.96. The van der Waals surface area contributed by atoms with Crippen LogP contribution in [0, 0.1) is 0 Å². The van der Waals surface area contributed by atoms with Crippen LogP contribution in [0.15, 0.2) is 40.9 Å². The van der Waals surface area contributed by atoms with E-state index in [-0.39, 0.29) is 5.91 Å². The lowest BCUT2D eigenvalue weighted by molar-refractivity contribution is 0.0766. The quantitative estimate of drug-likeness (QED) is 0.643. The first kappa shape index (κ1) is 21.3. The monoisotopic (exact) mass is 462 g/mol. The highest BCUT2D eigenvalue weighted by atomic mass is 79.9. The Morgan fingerprint density at radius 2 is 1.79 bits per heavy atom. The van der Waals surface area contributed by atoms with Crippen molar-refractivity contribution < 1.29 is 19.0 Å². The molecule has 0 spiro atoms. The number of amides is 1. The van der Waals surface area contributed by atoms with Crippen LogP contribution in [-0.4, -0.2) is 57.8 Å². The second-order valence-corrected chi connectivity index (χ2v) is 7.61. The van der Waals surface area contributed by atoms with E-state index < -0.39 is 0 Å². The smallest absolute Gasteiger partial charge is 0.254 e. The predicted molar refractivity (Wildman–Crippen MR) is 118 cm³/mol. The van der Waals surface area contributed by atoms with Crippen molar-refractivity contribution in [2.75, 3.05) is 51.9 Å². The molecule has 7 heteroatoms. The zero-order valence-electron chi connectivity index (χ0n) is 17.1. The molecule has 2 aromatic carbocycles. The first-order chi connectivity index (χ1) is 14.1. The van der Waals surface area contributed by atoms with Crippen molar-refractivity contribution in [3.8, 4) is 17.2 Å². The van der Waals surface area contributed by atoms with Gasteiger partial charge in [0.1, 0.15) is 5.75 Å². The van der Waals surface area contributed by atoms with E-state index in [1.54, 1.807) is 20.3 Å². The van der Waals surface area contributed by atoms with Crippen LogP contribution in [-0.2, 0) is 0 Å². The fourth-order valence-electron chi connectivity index (χ4n) is 3.48. The first-order valence-electron chi connectivity index (χ1n) is 9.76. The molecule has 1 fully saturated rings. The number of halogens is 1. The lowest BCUT2D eigenvalue weighted by Crippen LogP contribution is -2.35. The highest BCUT2D eigenvalue weighted by molar-refractivity contribution is 9.10. The number of ether oxygens (including phenoxy) is 3. The molecule has 6 nitrogen and oxygen atoms in total. The third-order valence-electron chi connectivity index (χ3n) is 4.99. The molecule has 1 saturated heterocycles. The van der Waals surface area contributed by atoms with Gasteiger partial charge in [0.25, 0.3) is 5.91 Å². The van der Waals surface area contributed by atoms with Crippen molar-refractivity contribution >= 4 is 27.5 Å². The summed E-state index contributed by atoms with van der Waals surface area (Å²) in [5, 5.41) is 0. The van der Waals surface area contributed by atoms with Crippen LogP contribution in [0.25, 0.3) is 0 Å². The Balaban J connectivity index is 1.72. The summed E-state index contributed by atoms with van der Waals surface area (Å²) in [6, 6.07) is 11.6. The molecular weight excluding hydrogens is 436 g/mol. The van der Waals surface area contributed by atoms with Gasteiger partial charge in [0.05, 0.1) is 25.3 Å². The van der Waals surface area contributed by atoms with Gasteiger partial charge in [-0.2, -0.15) is 0 Å². The number of rotatable bonds is 6. The first-order valence-corrected chi connectivity index (χ1v) is 10.5. The Kier molecular flexibility index (Phi) is 7.25. The minimum Gasteiger partial charge on any atom is -0.497 e. The number of carbonyl (C=O) groups excluding carboxylic acids is 1. The van der Waals surface area contributed by atoms with Crippen LogP contribution in [0.2, 0.25) is 0 Å². The van der Waals surface area contributed by atoms with E-state index in [0.29, 0.717) is 30.2 Å². The molecule has 29 heavy (non-hydrogen) atoms. The summed E-state index contributed by atoms with van der Waals surface area (Å²) in [5.41, 5.74) is 1.74. The topological polar surface area (TPSA) is 51.2 Å². The Bertz CT molecular complexity index is 841. The molecule has 0 radical (unpaired) electrons. The van der Waals surface area contributed by atoms with Crippen molar-refractivity contribution in [3.63, 3.8) is 0 Å². The number of hydrogen-bond donors (Lipinski definition) is 0. The fraction of sp³-hybridized carbons (Fsp3) is 0.409. The summed E-state index contributed by atoms with van der Waals surface area (Å²) >= 11 is 3.51. The number of nitrogens with zero attached hydrogens (tertiary/aromatic N) is 2. The molecule has 156 valence electrons. The van der Waals surface area contributed by atoms with Gasteiger partial charge in [-0.25, -0.2) is 0 Å². The summed E-state index contributed by atoms with van der Waals surface area (Å²) in [7, 11) is 3.25. The van der Waals surface area contributed by atoms with E-state index in [0.717, 1.165) is 42.0 Å². The second kappa shape index (κ2) is 9.87. The van der Waals surface area contributed by atoms with Crippen LogP contribution in [0.3, 0.4) is 0 Å². The summed E-state index contributed by atoms with van der Waals surface area (Å²) in [6.07, 6.45) is 0.910. The molecule has 1 heterocycles. The number of anilines is 1. The normalized spacial score (nSPS) is 14.3. The maximum atomic E-state index is 13.1. The minimum atomic E-state index is 0.00336. The summed E-state index contributed by atoms with van der Waals surface area (Å²) in [5.74, 6) is 2.02. The summed E-state index contributed by atoms with van der Waals surface area (Å²) in [6.45, 7) is 5.52. The zero-order valence-corrected chi connectivity index (χ0v) is 18.7. The van der Waals surface area contributed by atoms with Gasteiger partial charge in [0, 0.05) is 37.4 Å². The summed E-state index contributed by atoms with van der Waals surface area (Å²) < 4.78 is 17.0. The van der Waals surface area contributed by atoms with Crippen molar-refractivity contribution in [1.82, 2.24) is 4.90 Å². The maximum Gasteiger partial charge on any atom is 0.254 e. The lowest BCUT2D eigenvalue weighted by atomic mass is 10.1. The van der Waals surface area contributed by atoms with Crippen LogP contribution in [0.1, 0.15) is 23.7 Å². The highest BCUT2D eigenvalue weighted by Gasteiger charge is 2.23. The van der Waals surface area contributed by atoms with Crippen LogP contribution in [0.4, 0.5) is 5.69 Å². The Hall–Kier alpha value is -2.41. The lowest BCUT2D eigenvalue weighted by Gasteiger charge is -2.24. The van der Waals surface area contributed by atoms with E-state index in [1.807, 2.05) is 30.0 Å². The SMILES string of the molecule is CCOc1c(Br)cc(C(=O)N2CCCN(c3ccc(OC)cc3)CC2)cc1OC. The predicted octanol–water partition coefficient (Wildman–Crippen LogP) is 4.22. The van der Waals surface area contributed by atoms with E-state index in [2.05, 4.69) is 33.0 Å². The van der Waals surface area contributed by atoms with Gasteiger partial charge in [0.15, 0.2) is 11.5 Å². The third-order valence-corrected chi connectivity index (χ3v) is 5.57. The Labute approximate surface area is 180 Å². The summed E-state index contributed by atoms with van der Waals surface area (Å²) in [4.78, 5) is 17.4. The van der Waals surface area contributed by atoms with Crippen LogP contribution < -0.4 is 19.1 Å². The molecule has 2 aromatic rings. The molecule has 0 aromatic heterocycles. The molecule has 0 saturated carbocycles. The van der Waals surface area contributed by atoms with Crippen LogP contribution in [0.5, 0.6) is 17.2 Å². The van der Waals surface area contributed by atoms with Crippen LogP contribution >= 0.6 is 15.9 Å². The maximum absolute atomic E-state index is 13.1. The molecule has 0 unspecified atom stereocenters. The molecule has 0 atom stereocenters. The molecule has 0 N–H and O–H groups in total. The molecule has 1 amide bonds. The van der Waals surface area contributed by atoms with Gasteiger partial charge in [-0.05, 0) is 65.7 Å². The second-order valence-electron chi connectivity index (χ2n) is 6.75.